The van der Waals surface area contributed by atoms with Crippen molar-refractivity contribution in [1.82, 2.24) is 4.90 Å². The van der Waals surface area contributed by atoms with Gasteiger partial charge in [0.25, 0.3) is 0 Å². The van der Waals surface area contributed by atoms with E-state index in [0.717, 1.165) is 24.8 Å². The van der Waals surface area contributed by atoms with Crippen LogP contribution >= 0.6 is 11.6 Å². The third-order valence-electron chi connectivity index (χ3n) is 4.40. The van der Waals surface area contributed by atoms with Crippen LogP contribution in [0.4, 0.5) is 24.5 Å². The Morgan fingerprint density at radius 2 is 1.60 bits per heavy atom. The molecule has 0 atom stereocenters. The molecule has 0 spiro atoms. The second kappa shape index (κ2) is 7.14. The zero-order valence-electron chi connectivity index (χ0n) is 13.6. The highest BCUT2D eigenvalue weighted by molar-refractivity contribution is 6.30. The van der Waals surface area contributed by atoms with Crippen LogP contribution in [0.1, 0.15) is 11.1 Å². The summed E-state index contributed by atoms with van der Waals surface area (Å²) in [6, 6.07) is 11.6. The molecule has 0 amide bonds. The molecule has 134 valence electrons. The highest BCUT2D eigenvalue weighted by Crippen LogP contribution is 2.34. The molecule has 0 radical (unpaired) electrons. The molecule has 3 nitrogen and oxygen atoms in total. The van der Waals surface area contributed by atoms with Crippen LogP contribution in [0.3, 0.4) is 0 Å². The number of nitrogens with two attached hydrogens (primary N) is 1. The summed E-state index contributed by atoms with van der Waals surface area (Å²) in [6.45, 7) is 3.19. The normalized spacial score (nSPS) is 16.2. The molecule has 1 heterocycles. The lowest BCUT2D eigenvalue weighted by atomic mass is 10.0. The number of nitrogen functional groups attached to an aromatic ring is 1. The zero-order chi connectivity index (χ0) is 18.0. The van der Waals surface area contributed by atoms with Gasteiger partial charge in [-0.25, -0.2) is 0 Å². The lowest BCUT2D eigenvalue weighted by Gasteiger charge is -2.36. The molecule has 0 saturated carbocycles. The Kier molecular flexibility index (Phi) is 5.11. The van der Waals surface area contributed by atoms with E-state index in [-0.39, 0.29) is 17.8 Å². The zero-order valence-corrected chi connectivity index (χ0v) is 14.3. The number of hydrogen-bond acceptors (Lipinski definition) is 3. The number of benzene rings is 2. The minimum atomic E-state index is -4.39. The number of piperazine rings is 1. The topological polar surface area (TPSA) is 32.5 Å². The fraction of sp³-hybridized carbons (Fsp3) is 0.333. The summed E-state index contributed by atoms with van der Waals surface area (Å²) in [4.78, 5) is 4.24. The molecule has 7 heteroatoms. The van der Waals surface area contributed by atoms with Gasteiger partial charge in [-0.1, -0.05) is 17.7 Å². The third-order valence-corrected chi connectivity index (χ3v) is 4.65. The van der Waals surface area contributed by atoms with Crippen LogP contribution in [-0.4, -0.2) is 31.1 Å². The lowest BCUT2D eigenvalue weighted by molar-refractivity contribution is -0.138. The Bertz CT molecular complexity index is 723. The molecular formula is C18H19ClF3N3. The molecule has 1 fully saturated rings. The summed E-state index contributed by atoms with van der Waals surface area (Å²) in [7, 11) is 0. The van der Waals surface area contributed by atoms with E-state index in [1.807, 2.05) is 29.2 Å². The average molecular weight is 370 g/mol. The van der Waals surface area contributed by atoms with Crippen molar-refractivity contribution < 1.29 is 13.2 Å². The van der Waals surface area contributed by atoms with E-state index < -0.39 is 11.7 Å². The van der Waals surface area contributed by atoms with Gasteiger partial charge in [0.05, 0.1) is 5.56 Å². The Morgan fingerprint density at radius 3 is 2.20 bits per heavy atom. The molecule has 1 aliphatic heterocycles. The fourth-order valence-corrected chi connectivity index (χ4v) is 3.18. The SMILES string of the molecule is Nc1ccc(CN2CCN(c3ccc(Cl)cc3)CC2)c(C(F)(F)F)c1. The van der Waals surface area contributed by atoms with E-state index in [2.05, 4.69) is 4.90 Å². The van der Waals surface area contributed by atoms with Crippen molar-refractivity contribution in [2.75, 3.05) is 36.8 Å². The first-order valence-electron chi connectivity index (χ1n) is 8.01. The molecular weight excluding hydrogens is 351 g/mol. The van der Waals surface area contributed by atoms with E-state index in [9.17, 15) is 13.2 Å². The third kappa shape index (κ3) is 4.38. The van der Waals surface area contributed by atoms with E-state index in [4.69, 9.17) is 17.3 Å². The lowest BCUT2D eigenvalue weighted by Crippen LogP contribution is -2.46. The molecule has 3 rings (SSSR count). The van der Waals surface area contributed by atoms with Crippen LogP contribution < -0.4 is 10.6 Å². The molecule has 1 aliphatic rings. The van der Waals surface area contributed by atoms with Crippen LogP contribution in [0, 0.1) is 0 Å². The minimum absolute atomic E-state index is 0.128. The van der Waals surface area contributed by atoms with Crippen molar-refractivity contribution in [3.8, 4) is 0 Å². The van der Waals surface area contributed by atoms with Crippen molar-refractivity contribution in [3.63, 3.8) is 0 Å². The average Bonchev–Trinajstić information content (AvgIpc) is 2.57. The van der Waals surface area contributed by atoms with Gasteiger partial charge in [-0.2, -0.15) is 13.2 Å². The molecule has 0 bridgehead atoms. The number of halogens is 4. The number of nitrogens with zero attached hydrogens (tertiary/aromatic N) is 2. The maximum absolute atomic E-state index is 13.2. The largest absolute Gasteiger partial charge is 0.416 e. The number of anilines is 2. The van der Waals surface area contributed by atoms with Gasteiger partial charge >= 0.3 is 6.18 Å². The smallest absolute Gasteiger partial charge is 0.399 e. The van der Waals surface area contributed by atoms with Crippen LogP contribution in [-0.2, 0) is 12.7 Å². The summed E-state index contributed by atoms with van der Waals surface area (Å²) in [5.41, 5.74) is 6.35. The maximum atomic E-state index is 13.2. The van der Waals surface area contributed by atoms with E-state index in [1.165, 1.54) is 12.1 Å². The van der Waals surface area contributed by atoms with Gasteiger partial charge < -0.3 is 10.6 Å². The van der Waals surface area contributed by atoms with E-state index in [1.54, 1.807) is 0 Å². The molecule has 0 aromatic heterocycles. The molecule has 1 saturated heterocycles. The second-order valence-corrected chi connectivity index (χ2v) is 6.59. The van der Waals surface area contributed by atoms with E-state index in [0.29, 0.717) is 18.1 Å². The molecule has 2 N–H and O–H groups in total. The van der Waals surface area contributed by atoms with Gasteiger partial charge in [-0.05, 0) is 42.0 Å². The standard InChI is InChI=1S/C18H19ClF3N3/c19-14-2-5-16(6-3-14)25-9-7-24(8-10-25)12-13-1-4-15(23)11-17(13)18(20,21)22/h1-6,11H,7-10,12,23H2. The highest BCUT2D eigenvalue weighted by Gasteiger charge is 2.34. The van der Waals surface area contributed by atoms with Gasteiger partial charge in [0.15, 0.2) is 0 Å². The van der Waals surface area contributed by atoms with Crippen molar-refractivity contribution in [2.45, 2.75) is 12.7 Å². The van der Waals surface area contributed by atoms with Crippen molar-refractivity contribution in [1.29, 1.82) is 0 Å². The predicted molar refractivity (Wildman–Crippen MR) is 94.8 cm³/mol. The molecule has 2 aromatic carbocycles. The first-order chi connectivity index (χ1) is 11.8. The second-order valence-electron chi connectivity index (χ2n) is 6.15. The van der Waals surface area contributed by atoms with Crippen molar-refractivity contribution in [2.24, 2.45) is 0 Å². The van der Waals surface area contributed by atoms with Gasteiger partial charge in [0.1, 0.15) is 0 Å². The molecule has 0 aliphatic carbocycles. The first kappa shape index (κ1) is 17.9. The van der Waals surface area contributed by atoms with Gasteiger partial charge in [-0.15, -0.1) is 0 Å². The molecule has 25 heavy (non-hydrogen) atoms. The van der Waals surface area contributed by atoms with Crippen LogP contribution in [0.5, 0.6) is 0 Å². The summed E-state index contributed by atoms with van der Waals surface area (Å²) in [5, 5.41) is 0.686. The predicted octanol–water partition coefficient (Wildman–Crippen LogP) is 4.26. The highest BCUT2D eigenvalue weighted by atomic mass is 35.5. The van der Waals surface area contributed by atoms with Gasteiger partial charge in [0.2, 0.25) is 0 Å². The van der Waals surface area contributed by atoms with Crippen molar-refractivity contribution in [3.05, 3.63) is 58.6 Å². The van der Waals surface area contributed by atoms with Crippen molar-refractivity contribution >= 4 is 23.0 Å². The Hall–Kier alpha value is -1.92. The summed E-state index contributed by atoms with van der Waals surface area (Å²) in [6.07, 6.45) is -4.39. The monoisotopic (exact) mass is 369 g/mol. The van der Waals surface area contributed by atoms with Crippen LogP contribution in [0.2, 0.25) is 5.02 Å². The maximum Gasteiger partial charge on any atom is 0.416 e. The number of alkyl halides is 3. The Balaban J connectivity index is 1.66. The fourth-order valence-electron chi connectivity index (χ4n) is 3.05. The Morgan fingerprint density at radius 1 is 0.960 bits per heavy atom. The number of hydrogen-bond donors (Lipinski definition) is 1. The molecule has 2 aromatic rings. The Labute approximate surface area is 149 Å². The quantitative estimate of drug-likeness (QED) is 0.820. The minimum Gasteiger partial charge on any atom is -0.399 e. The van der Waals surface area contributed by atoms with Gasteiger partial charge in [0, 0.05) is 49.1 Å². The van der Waals surface area contributed by atoms with Gasteiger partial charge in [-0.3, -0.25) is 4.90 Å². The summed E-state index contributed by atoms with van der Waals surface area (Å²) < 4.78 is 39.6. The number of rotatable bonds is 3. The summed E-state index contributed by atoms with van der Waals surface area (Å²) >= 11 is 5.90. The van der Waals surface area contributed by atoms with Crippen LogP contribution in [0.15, 0.2) is 42.5 Å². The first-order valence-corrected chi connectivity index (χ1v) is 8.39. The molecule has 0 unspecified atom stereocenters. The summed E-state index contributed by atoms with van der Waals surface area (Å²) in [5.74, 6) is 0. The van der Waals surface area contributed by atoms with E-state index >= 15 is 0 Å². The van der Waals surface area contributed by atoms with Crippen LogP contribution in [0.25, 0.3) is 0 Å².